The van der Waals surface area contributed by atoms with Gasteiger partial charge in [0.25, 0.3) is 0 Å². The lowest BCUT2D eigenvalue weighted by molar-refractivity contribution is 1.28. The second-order valence-electron chi connectivity index (χ2n) is 10.5. The molecular formula is C40H28N2. The van der Waals surface area contributed by atoms with E-state index in [0.29, 0.717) is 12.0 Å². The molecule has 0 aliphatic heterocycles. The van der Waals surface area contributed by atoms with Gasteiger partial charge in [0.05, 0.1) is 6.07 Å². The summed E-state index contributed by atoms with van der Waals surface area (Å²) in [6.07, 6.45) is 5.64. The smallest absolute Gasteiger partial charge is 0.0988 e. The molecule has 0 saturated carbocycles. The minimum Gasteiger partial charge on any atom is -0.405 e. The molecule has 42 heavy (non-hydrogen) atoms. The number of nitrogens with two attached hydrogens (primary N) is 1. The largest absolute Gasteiger partial charge is 0.405 e. The van der Waals surface area contributed by atoms with Crippen molar-refractivity contribution < 1.29 is 0 Å². The average molecular weight is 537 g/mol. The highest BCUT2D eigenvalue weighted by Gasteiger charge is 2.19. The first kappa shape index (κ1) is 25.3. The third-order valence-corrected chi connectivity index (χ3v) is 8.22. The number of nitriles is 1. The second kappa shape index (κ2) is 10.7. The van der Waals surface area contributed by atoms with E-state index in [2.05, 4.69) is 133 Å². The topological polar surface area (TPSA) is 49.8 Å². The van der Waals surface area contributed by atoms with Crippen LogP contribution in [0.5, 0.6) is 0 Å². The minimum atomic E-state index is 0.562. The number of hydrogen-bond donors (Lipinski definition) is 1. The molecule has 0 aliphatic rings. The van der Waals surface area contributed by atoms with Gasteiger partial charge in [0.15, 0.2) is 0 Å². The normalized spacial score (nSPS) is 12.0. The van der Waals surface area contributed by atoms with Crippen LogP contribution in [0.2, 0.25) is 0 Å². The van der Waals surface area contributed by atoms with Crippen molar-refractivity contribution in [1.29, 1.82) is 5.26 Å². The van der Waals surface area contributed by atoms with Gasteiger partial charge < -0.3 is 5.73 Å². The van der Waals surface area contributed by atoms with Gasteiger partial charge in [0.2, 0.25) is 0 Å². The van der Waals surface area contributed by atoms with Crippen molar-refractivity contribution in [3.05, 3.63) is 157 Å². The Hall–Kier alpha value is -5.65. The molecule has 0 atom stereocenters. The summed E-state index contributed by atoms with van der Waals surface area (Å²) in [6, 6.07) is 48.1. The van der Waals surface area contributed by atoms with Gasteiger partial charge in [-0.1, -0.05) is 133 Å². The molecule has 7 rings (SSSR count). The van der Waals surface area contributed by atoms with Gasteiger partial charge >= 0.3 is 0 Å². The fraction of sp³-hybridized carbons (Fsp3) is 0.0250. The van der Waals surface area contributed by atoms with Gasteiger partial charge in [-0.3, -0.25) is 0 Å². The maximum atomic E-state index is 9.48. The van der Waals surface area contributed by atoms with E-state index in [1.54, 1.807) is 6.08 Å². The van der Waals surface area contributed by atoms with Gasteiger partial charge in [0.1, 0.15) is 0 Å². The number of allylic oxidation sites excluding steroid dienone is 3. The van der Waals surface area contributed by atoms with Crippen molar-refractivity contribution in [3.63, 3.8) is 0 Å². The summed E-state index contributed by atoms with van der Waals surface area (Å²) in [5.41, 5.74) is 12.2. The number of benzene rings is 7. The quantitative estimate of drug-likeness (QED) is 0.135. The Kier molecular flexibility index (Phi) is 6.47. The molecule has 0 amide bonds. The fourth-order valence-electron chi connectivity index (χ4n) is 6.40. The van der Waals surface area contributed by atoms with Gasteiger partial charge in [-0.2, -0.15) is 5.26 Å². The van der Waals surface area contributed by atoms with Crippen molar-refractivity contribution in [2.24, 2.45) is 5.73 Å². The molecule has 2 N–H and O–H groups in total. The summed E-state index contributed by atoms with van der Waals surface area (Å²) in [7, 11) is 0. The molecule has 0 radical (unpaired) electrons. The molecule has 0 saturated heterocycles. The second-order valence-corrected chi connectivity index (χ2v) is 10.5. The van der Waals surface area contributed by atoms with Crippen LogP contribution in [0.1, 0.15) is 5.56 Å². The standard InChI is InChI=1S/C40H28N2/c41-25-24-27(26-42)22-23-29-12-7-19-32-30(29)18-9-21-34(32)40-37-16-5-3-14-35(37)39(36-15-4-6-17-38(36)40)33-20-8-11-28-10-1-2-13-31(28)33/h1-22,24-25H,23,41H2/b25-24-,27-22+. The molecule has 7 aromatic carbocycles. The van der Waals surface area contributed by atoms with Crippen LogP contribution in [0.15, 0.2) is 151 Å². The Morgan fingerprint density at radius 2 is 1.02 bits per heavy atom. The number of rotatable bonds is 5. The van der Waals surface area contributed by atoms with Crippen LogP contribution in [-0.2, 0) is 6.42 Å². The monoisotopic (exact) mass is 536 g/mol. The zero-order valence-corrected chi connectivity index (χ0v) is 23.1. The van der Waals surface area contributed by atoms with Crippen LogP contribution in [0.25, 0.3) is 65.3 Å². The van der Waals surface area contributed by atoms with Crippen LogP contribution in [-0.4, -0.2) is 0 Å². The van der Waals surface area contributed by atoms with Gasteiger partial charge in [-0.15, -0.1) is 0 Å². The van der Waals surface area contributed by atoms with Crippen molar-refractivity contribution in [3.8, 4) is 28.3 Å². The molecular weight excluding hydrogens is 508 g/mol. The Morgan fingerprint density at radius 3 is 1.64 bits per heavy atom. The number of nitrogens with zero attached hydrogens (tertiary/aromatic N) is 1. The first-order valence-electron chi connectivity index (χ1n) is 14.2. The molecule has 198 valence electrons. The maximum Gasteiger partial charge on any atom is 0.0988 e. The van der Waals surface area contributed by atoms with Crippen molar-refractivity contribution in [2.45, 2.75) is 6.42 Å². The van der Waals surface area contributed by atoms with E-state index in [1.165, 1.54) is 77.1 Å². The SMILES string of the molecule is N#CC(/C=C\N)=C/Cc1cccc2c(-c3c4ccccc4c(-c4cccc5ccccc45)c4ccccc34)cccc12. The predicted molar refractivity (Wildman–Crippen MR) is 178 cm³/mol. The van der Waals surface area contributed by atoms with E-state index in [4.69, 9.17) is 5.73 Å². The highest BCUT2D eigenvalue weighted by Crippen LogP contribution is 2.46. The van der Waals surface area contributed by atoms with E-state index in [9.17, 15) is 5.26 Å². The summed E-state index contributed by atoms with van der Waals surface area (Å²) in [6.45, 7) is 0. The Labute approximate surface area is 245 Å². The van der Waals surface area contributed by atoms with E-state index in [0.717, 1.165) is 0 Å². The first-order valence-corrected chi connectivity index (χ1v) is 14.2. The Bertz CT molecular complexity index is 2180. The predicted octanol–water partition coefficient (Wildman–Crippen LogP) is 10.1. The molecule has 0 aromatic heterocycles. The van der Waals surface area contributed by atoms with Crippen LogP contribution < -0.4 is 5.73 Å². The van der Waals surface area contributed by atoms with Crippen LogP contribution in [0.3, 0.4) is 0 Å². The Morgan fingerprint density at radius 1 is 0.548 bits per heavy atom. The first-order chi connectivity index (χ1) is 20.8. The summed E-state index contributed by atoms with van der Waals surface area (Å²) in [5, 5.41) is 19.3. The minimum absolute atomic E-state index is 0.562. The molecule has 7 aromatic rings. The van der Waals surface area contributed by atoms with Crippen molar-refractivity contribution in [1.82, 2.24) is 0 Å². The zero-order chi connectivity index (χ0) is 28.5. The third kappa shape index (κ3) is 4.20. The fourth-order valence-corrected chi connectivity index (χ4v) is 6.40. The lowest BCUT2D eigenvalue weighted by Crippen LogP contribution is -1.93. The maximum absolute atomic E-state index is 9.48. The van der Waals surface area contributed by atoms with Crippen molar-refractivity contribution in [2.75, 3.05) is 0 Å². The van der Waals surface area contributed by atoms with Gasteiger partial charge in [-0.25, -0.2) is 0 Å². The lowest BCUT2D eigenvalue weighted by Gasteiger charge is -2.20. The van der Waals surface area contributed by atoms with Crippen molar-refractivity contribution >= 4 is 43.1 Å². The average Bonchev–Trinajstić information content (AvgIpc) is 3.05. The lowest BCUT2D eigenvalue weighted by atomic mass is 9.83. The molecule has 0 heterocycles. The molecule has 2 nitrogen and oxygen atoms in total. The van der Waals surface area contributed by atoms with Crippen LogP contribution in [0, 0.1) is 11.3 Å². The Balaban J connectivity index is 1.54. The van der Waals surface area contributed by atoms with Gasteiger partial charge in [-0.05, 0) is 89.6 Å². The summed E-state index contributed by atoms with van der Waals surface area (Å²) < 4.78 is 0. The molecule has 0 unspecified atom stereocenters. The number of fused-ring (bicyclic) bond motifs is 4. The third-order valence-electron chi connectivity index (χ3n) is 8.22. The highest BCUT2D eigenvalue weighted by molar-refractivity contribution is 6.25. The summed E-state index contributed by atoms with van der Waals surface area (Å²) in [5.74, 6) is 0. The zero-order valence-electron chi connectivity index (χ0n) is 23.1. The highest BCUT2D eigenvalue weighted by atomic mass is 14.5. The van der Waals surface area contributed by atoms with Gasteiger partial charge in [0, 0.05) is 5.57 Å². The van der Waals surface area contributed by atoms with E-state index in [-0.39, 0.29) is 0 Å². The molecule has 0 aliphatic carbocycles. The van der Waals surface area contributed by atoms with E-state index >= 15 is 0 Å². The summed E-state index contributed by atoms with van der Waals surface area (Å²) in [4.78, 5) is 0. The number of hydrogen-bond acceptors (Lipinski definition) is 2. The van der Waals surface area contributed by atoms with E-state index < -0.39 is 0 Å². The molecule has 0 fully saturated rings. The van der Waals surface area contributed by atoms with E-state index in [1.807, 2.05) is 6.08 Å². The molecule has 0 bridgehead atoms. The molecule has 2 heteroatoms. The van der Waals surface area contributed by atoms with Crippen LogP contribution in [0.4, 0.5) is 0 Å². The summed E-state index contributed by atoms with van der Waals surface area (Å²) >= 11 is 0. The van der Waals surface area contributed by atoms with Crippen LogP contribution >= 0.6 is 0 Å². The molecule has 0 spiro atoms.